The Labute approximate surface area is 369 Å². The lowest BCUT2D eigenvalue weighted by Crippen LogP contribution is -2.10. The predicted molar refractivity (Wildman–Crippen MR) is 266 cm³/mol. The van der Waals surface area contributed by atoms with E-state index in [2.05, 4.69) is 222 Å². The second-order valence-corrected chi connectivity index (χ2v) is 16.5. The molecule has 13 aromatic rings. The van der Waals surface area contributed by atoms with E-state index in [0.29, 0.717) is 0 Å². The van der Waals surface area contributed by atoms with E-state index in [1.807, 2.05) is 18.2 Å². The van der Waals surface area contributed by atoms with Crippen LogP contribution in [0.25, 0.3) is 105 Å². The van der Waals surface area contributed by atoms with Crippen LogP contribution in [0.1, 0.15) is 0 Å². The maximum atomic E-state index is 6.72. The number of nitrogens with zero attached hydrogens (tertiary/aromatic N) is 2. The minimum Gasteiger partial charge on any atom is -0.456 e. The molecule has 0 spiro atoms. The van der Waals surface area contributed by atoms with Gasteiger partial charge in [-0.2, -0.15) is 0 Å². The summed E-state index contributed by atoms with van der Waals surface area (Å²) in [5.41, 5.74) is 16.9. The van der Waals surface area contributed by atoms with Crippen LogP contribution in [0.4, 0.5) is 17.1 Å². The minimum atomic E-state index is 0.859. The summed E-state index contributed by atoms with van der Waals surface area (Å²) in [6, 6.07) is 82.1. The first kappa shape index (κ1) is 36.1. The summed E-state index contributed by atoms with van der Waals surface area (Å²) >= 11 is 0. The van der Waals surface area contributed by atoms with E-state index < -0.39 is 0 Å². The van der Waals surface area contributed by atoms with Crippen molar-refractivity contribution < 1.29 is 8.83 Å². The van der Waals surface area contributed by atoms with Gasteiger partial charge in [0.05, 0.1) is 11.0 Å². The zero-order valence-electron chi connectivity index (χ0n) is 34.7. The zero-order valence-corrected chi connectivity index (χ0v) is 34.7. The number of hydrogen-bond acceptors (Lipinski definition) is 3. The number of fused-ring (bicyclic) bond motifs is 9. The Balaban J connectivity index is 1.03. The van der Waals surface area contributed by atoms with Crippen LogP contribution in [-0.2, 0) is 0 Å². The van der Waals surface area contributed by atoms with Crippen molar-refractivity contribution in [2.75, 3.05) is 4.90 Å². The fraction of sp³-hybridized carbons (Fsp3) is 0. The van der Waals surface area contributed by atoms with Crippen LogP contribution in [0, 0.1) is 0 Å². The second-order valence-electron chi connectivity index (χ2n) is 16.5. The van der Waals surface area contributed by atoms with Crippen molar-refractivity contribution in [3.63, 3.8) is 0 Å². The lowest BCUT2D eigenvalue weighted by molar-refractivity contribution is 0.669. The lowest BCUT2D eigenvalue weighted by Gasteiger charge is -2.26. The molecule has 0 atom stereocenters. The first-order chi connectivity index (χ1) is 31.7. The predicted octanol–water partition coefficient (Wildman–Crippen LogP) is 17.1. The SMILES string of the molecule is c1ccc(-c2ccc(N(c3ccccc3)c3ccc(-n4c5ccc(-c6ccc7c(c6)oc6ccccc67)cc5c5c(-c6ccccc6)c6c(cc54)oc4ccccc46)cc3)cc2)cc1. The Hall–Kier alpha value is -8.60. The van der Waals surface area contributed by atoms with Crippen molar-refractivity contribution in [1.29, 1.82) is 0 Å². The van der Waals surface area contributed by atoms with E-state index in [-0.39, 0.29) is 0 Å². The van der Waals surface area contributed by atoms with E-state index >= 15 is 0 Å². The summed E-state index contributed by atoms with van der Waals surface area (Å²) in [6.45, 7) is 0. The van der Waals surface area contributed by atoms with Gasteiger partial charge in [-0.3, -0.25) is 0 Å². The van der Waals surface area contributed by atoms with Crippen LogP contribution >= 0.6 is 0 Å². The first-order valence-corrected chi connectivity index (χ1v) is 21.7. The fourth-order valence-corrected chi connectivity index (χ4v) is 9.85. The summed E-state index contributed by atoms with van der Waals surface area (Å²) in [6.07, 6.45) is 0. The number of para-hydroxylation sites is 3. The van der Waals surface area contributed by atoms with Crippen LogP contribution < -0.4 is 4.90 Å². The van der Waals surface area contributed by atoms with Gasteiger partial charge in [0.2, 0.25) is 0 Å². The molecule has 3 heterocycles. The Morgan fingerprint density at radius 2 is 0.812 bits per heavy atom. The van der Waals surface area contributed by atoms with Gasteiger partial charge < -0.3 is 18.3 Å². The quantitative estimate of drug-likeness (QED) is 0.161. The molecule has 13 rings (SSSR count). The van der Waals surface area contributed by atoms with E-state index in [9.17, 15) is 0 Å². The Bertz CT molecular complexity index is 3860. The molecular formula is C60H38N2O2. The largest absolute Gasteiger partial charge is 0.456 e. The second kappa shape index (κ2) is 14.5. The van der Waals surface area contributed by atoms with Gasteiger partial charge in [0, 0.05) is 66.7 Å². The van der Waals surface area contributed by atoms with Crippen LogP contribution in [-0.4, -0.2) is 4.57 Å². The Kier molecular flexibility index (Phi) is 8.18. The number of benzene rings is 10. The van der Waals surface area contributed by atoms with Gasteiger partial charge in [0.25, 0.3) is 0 Å². The van der Waals surface area contributed by atoms with Crippen LogP contribution in [0.2, 0.25) is 0 Å². The topological polar surface area (TPSA) is 34.5 Å². The highest BCUT2D eigenvalue weighted by Gasteiger charge is 2.24. The molecule has 0 aliphatic carbocycles. The van der Waals surface area contributed by atoms with E-state index in [1.54, 1.807) is 0 Å². The van der Waals surface area contributed by atoms with E-state index in [1.165, 1.54) is 16.5 Å². The molecule has 0 aliphatic heterocycles. The number of aromatic nitrogens is 1. The molecule has 4 nitrogen and oxygen atoms in total. The highest BCUT2D eigenvalue weighted by atomic mass is 16.3. The van der Waals surface area contributed by atoms with Crippen LogP contribution in [0.3, 0.4) is 0 Å². The molecule has 0 saturated carbocycles. The molecule has 3 aromatic heterocycles. The van der Waals surface area contributed by atoms with Crippen LogP contribution in [0.15, 0.2) is 239 Å². The van der Waals surface area contributed by atoms with Gasteiger partial charge in [-0.05, 0) is 113 Å². The van der Waals surface area contributed by atoms with Gasteiger partial charge in [0.1, 0.15) is 22.3 Å². The third-order valence-corrected chi connectivity index (χ3v) is 12.8. The molecule has 0 aliphatic rings. The molecule has 0 saturated heterocycles. The molecule has 0 fully saturated rings. The van der Waals surface area contributed by atoms with E-state index in [0.717, 1.165) is 105 Å². The standard InChI is InChI=1S/C60H38N2O2/c1-4-14-39(15-5-1)40-24-28-45(29-25-40)61(44-18-8-3-9-19-44)46-30-32-47(33-31-46)62-52-35-27-42(43-26-34-49-48-20-10-12-22-54(48)63-56(49)37-43)36-51(52)59-53(62)38-57-60(50-21-11-13-23-55(50)64-57)58(59)41-16-6-2-7-17-41/h1-38H. The summed E-state index contributed by atoms with van der Waals surface area (Å²) in [7, 11) is 0. The molecule has 0 bridgehead atoms. The third-order valence-electron chi connectivity index (χ3n) is 12.8. The average Bonchev–Trinajstić information content (AvgIpc) is 4.03. The fourth-order valence-electron chi connectivity index (χ4n) is 9.85. The maximum Gasteiger partial charge on any atom is 0.138 e. The molecular weight excluding hydrogens is 781 g/mol. The van der Waals surface area contributed by atoms with Crippen molar-refractivity contribution in [3.8, 4) is 39.1 Å². The number of hydrogen-bond donors (Lipinski definition) is 0. The van der Waals surface area contributed by atoms with Crippen molar-refractivity contribution in [2.24, 2.45) is 0 Å². The number of anilines is 3. The van der Waals surface area contributed by atoms with Crippen molar-refractivity contribution in [3.05, 3.63) is 231 Å². The minimum absolute atomic E-state index is 0.859. The highest BCUT2D eigenvalue weighted by molar-refractivity contribution is 6.27. The first-order valence-electron chi connectivity index (χ1n) is 21.7. The van der Waals surface area contributed by atoms with Gasteiger partial charge in [-0.15, -0.1) is 0 Å². The smallest absolute Gasteiger partial charge is 0.138 e. The summed E-state index contributed by atoms with van der Waals surface area (Å²) in [5.74, 6) is 0. The highest BCUT2D eigenvalue weighted by Crippen LogP contribution is 2.47. The van der Waals surface area contributed by atoms with Crippen LogP contribution in [0.5, 0.6) is 0 Å². The van der Waals surface area contributed by atoms with Crippen molar-refractivity contribution in [2.45, 2.75) is 0 Å². The number of rotatable bonds is 7. The molecule has 300 valence electrons. The molecule has 10 aromatic carbocycles. The molecule has 0 N–H and O–H groups in total. The van der Waals surface area contributed by atoms with Gasteiger partial charge in [-0.25, -0.2) is 0 Å². The maximum absolute atomic E-state index is 6.72. The summed E-state index contributed by atoms with van der Waals surface area (Å²) in [5, 5.41) is 6.82. The van der Waals surface area contributed by atoms with Gasteiger partial charge in [0.15, 0.2) is 0 Å². The van der Waals surface area contributed by atoms with Crippen molar-refractivity contribution in [1.82, 2.24) is 4.57 Å². The van der Waals surface area contributed by atoms with Crippen molar-refractivity contribution >= 4 is 82.7 Å². The molecule has 0 radical (unpaired) electrons. The molecule has 0 amide bonds. The Morgan fingerprint density at radius 3 is 1.55 bits per heavy atom. The summed E-state index contributed by atoms with van der Waals surface area (Å²) in [4.78, 5) is 2.32. The molecule has 4 heteroatoms. The number of furan rings is 2. The molecule has 0 unspecified atom stereocenters. The zero-order chi connectivity index (χ0) is 42.1. The van der Waals surface area contributed by atoms with Gasteiger partial charge in [-0.1, -0.05) is 140 Å². The summed E-state index contributed by atoms with van der Waals surface area (Å²) < 4.78 is 15.5. The normalized spacial score (nSPS) is 11.8. The average molecular weight is 819 g/mol. The molecule has 64 heavy (non-hydrogen) atoms. The monoisotopic (exact) mass is 818 g/mol. The van der Waals surface area contributed by atoms with Gasteiger partial charge >= 0.3 is 0 Å². The van der Waals surface area contributed by atoms with E-state index in [4.69, 9.17) is 8.83 Å². The Morgan fingerprint density at radius 1 is 0.297 bits per heavy atom. The third kappa shape index (κ3) is 5.77. The lowest BCUT2D eigenvalue weighted by atomic mass is 9.93.